The summed E-state index contributed by atoms with van der Waals surface area (Å²) in [5.74, 6) is -0.478. The molecule has 0 unspecified atom stereocenters. The van der Waals surface area contributed by atoms with Crippen LogP contribution < -0.4 is 9.50 Å². The summed E-state index contributed by atoms with van der Waals surface area (Å²) in [4.78, 5) is 23.2. The number of amides is 1. The Morgan fingerprint density at radius 3 is 2.56 bits per heavy atom. The van der Waals surface area contributed by atoms with Crippen molar-refractivity contribution in [3.05, 3.63) is 53.6 Å². The number of carbonyl (C=O) groups excluding carboxylic acids is 2. The van der Waals surface area contributed by atoms with E-state index in [0.717, 1.165) is 5.56 Å². The molecule has 8 heteroatoms. The zero-order valence-electron chi connectivity index (χ0n) is 14.7. The number of anilines is 1. The molecule has 0 atom stereocenters. The molecule has 1 amide bonds. The van der Waals surface area contributed by atoms with Gasteiger partial charge in [-0.2, -0.15) is 8.42 Å². The molecule has 1 heterocycles. The number of esters is 1. The molecule has 7 nitrogen and oxygen atoms in total. The van der Waals surface area contributed by atoms with Crippen LogP contribution in [0.4, 0.5) is 5.69 Å². The van der Waals surface area contributed by atoms with Crippen molar-refractivity contribution in [1.82, 2.24) is 0 Å². The Bertz CT molecular complexity index is 966. The number of hydrogen-bond donors (Lipinski definition) is 1. The van der Waals surface area contributed by atoms with Crippen LogP contribution in [0.5, 0.6) is 5.75 Å². The third-order valence-electron chi connectivity index (χ3n) is 4.06. The molecule has 0 fully saturated rings. The Kier molecular flexibility index (Phi) is 5.46. The Balaban J connectivity index is 1.80. The molecule has 0 aromatic heterocycles. The van der Waals surface area contributed by atoms with Crippen LogP contribution >= 0.6 is 0 Å². The molecule has 1 aliphatic rings. The molecule has 0 spiro atoms. The zero-order chi connectivity index (χ0) is 19.4. The molecular weight excluding hydrogens is 370 g/mol. The quantitative estimate of drug-likeness (QED) is 0.624. The van der Waals surface area contributed by atoms with Crippen molar-refractivity contribution in [2.75, 3.05) is 11.9 Å². The fraction of sp³-hybridized carbons (Fsp3) is 0.263. The normalized spacial score (nSPS) is 13.9. The lowest BCUT2D eigenvalue weighted by Crippen LogP contribution is -2.12. The first-order valence-electron chi connectivity index (χ1n) is 8.53. The molecule has 0 saturated heterocycles. The second kappa shape index (κ2) is 7.79. The van der Waals surface area contributed by atoms with E-state index in [1.165, 1.54) is 36.4 Å². The minimum atomic E-state index is -4.04. The second-order valence-electron chi connectivity index (χ2n) is 6.00. The van der Waals surface area contributed by atoms with Gasteiger partial charge in [0.15, 0.2) is 0 Å². The predicted octanol–water partition coefficient (Wildman–Crippen LogP) is 2.91. The predicted molar refractivity (Wildman–Crippen MR) is 98.2 cm³/mol. The van der Waals surface area contributed by atoms with Crippen molar-refractivity contribution in [3.63, 3.8) is 0 Å². The topological polar surface area (TPSA) is 98.8 Å². The van der Waals surface area contributed by atoms with Crippen LogP contribution in [0, 0.1) is 0 Å². The van der Waals surface area contributed by atoms with Crippen molar-refractivity contribution < 1.29 is 26.9 Å². The number of nitrogens with one attached hydrogen (secondary N) is 1. The number of rotatable bonds is 5. The molecule has 142 valence electrons. The summed E-state index contributed by atoms with van der Waals surface area (Å²) in [7, 11) is -4.04. The average molecular weight is 389 g/mol. The van der Waals surface area contributed by atoms with Crippen LogP contribution in [0.25, 0.3) is 0 Å². The lowest BCUT2D eigenvalue weighted by molar-refractivity contribution is -0.116. The van der Waals surface area contributed by atoms with Gasteiger partial charge < -0.3 is 14.2 Å². The summed E-state index contributed by atoms with van der Waals surface area (Å²) < 4.78 is 35.2. The van der Waals surface area contributed by atoms with Crippen molar-refractivity contribution in [2.45, 2.75) is 31.1 Å². The van der Waals surface area contributed by atoms with E-state index in [-0.39, 0.29) is 23.2 Å². The molecule has 1 aliphatic heterocycles. The minimum absolute atomic E-state index is 0.00636. The number of ether oxygens (including phenoxy) is 1. The van der Waals surface area contributed by atoms with Gasteiger partial charge in [0.2, 0.25) is 5.91 Å². The summed E-state index contributed by atoms with van der Waals surface area (Å²) in [6.07, 6.45) is 1.66. The Labute approximate surface area is 157 Å². The molecule has 0 radical (unpaired) electrons. The highest BCUT2D eigenvalue weighted by Crippen LogP contribution is 2.27. The van der Waals surface area contributed by atoms with Crippen LogP contribution in [0.2, 0.25) is 0 Å². The number of hydrogen-bond acceptors (Lipinski definition) is 6. The fourth-order valence-corrected chi connectivity index (χ4v) is 3.72. The Hall–Kier alpha value is -2.87. The monoisotopic (exact) mass is 389 g/mol. The smallest absolute Gasteiger partial charge is 0.339 e. The van der Waals surface area contributed by atoms with E-state index in [1.807, 2.05) is 0 Å². The maximum Gasteiger partial charge on any atom is 0.339 e. The molecule has 1 N–H and O–H groups in total. The lowest BCUT2D eigenvalue weighted by Gasteiger charge is -2.11. The third-order valence-corrected chi connectivity index (χ3v) is 5.30. The van der Waals surface area contributed by atoms with Crippen molar-refractivity contribution in [3.8, 4) is 5.75 Å². The molecule has 3 rings (SSSR count). The molecule has 2 aromatic carbocycles. The van der Waals surface area contributed by atoms with Gasteiger partial charge in [0.05, 0.1) is 12.2 Å². The zero-order valence-corrected chi connectivity index (χ0v) is 15.5. The minimum Gasteiger partial charge on any atom is -0.462 e. The van der Waals surface area contributed by atoms with Gasteiger partial charge in [0, 0.05) is 12.1 Å². The Morgan fingerprint density at radius 1 is 1.11 bits per heavy atom. The van der Waals surface area contributed by atoms with Crippen molar-refractivity contribution in [2.24, 2.45) is 0 Å². The second-order valence-corrected chi connectivity index (χ2v) is 7.55. The molecule has 0 bridgehead atoms. The third kappa shape index (κ3) is 4.46. The van der Waals surface area contributed by atoms with Crippen molar-refractivity contribution in [1.29, 1.82) is 0 Å². The standard InChI is InChI=1S/C19H19NO6S/c1-2-25-19(22)13-6-8-15(9-7-13)26-27(23,24)16-10-11-17-14(12-16)4-3-5-18(21)20-17/h6-12H,2-5H2,1H3,(H,20,21). The van der Waals surface area contributed by atoms with Crippen LogP contribution in [0.1, 0.15) is 35.7 Å². The average Bonchev–Trinajstić information content (AvgIpc) is 2.82. The number of benzene rings is 2. The van der Waals surface area contributed by atoms with Gasteiger partial charge in [-0.25, -0.2) is 4.79 Å². The highest BCUT2D eigenvalue weighted by molar-refractivity contribution is 7.87. The molecule has 0 aliphatic carbocycles. The van der Waals surface area contributed by atoms with Gasteiger partial charge >= 0.3 is 16.1 Å². The van der Waals surface area contributed by atoms with Crippen LogP contribution in [-0.2, 0) is 26.1 Å². The van der Waals surface area contributed by atoms with Gasteiger partial charge in [0.25, 0.3) is 0 Å². The molecule has 0 saturated carbocycles. The molecule has 2 aromatic rings. The first kappa shape index (κ1) is 18.9. The first-order valence-corrected chi connectivity index (χ1v) is 9.94. The van der Waals surface area contributed by atoms with E-state index in [2.05, 4.69) is 5.32 Å². The van der Waals surface area contributed by atoms with E-state index in [4.69, 9.17) is 8.92 Å². The summed E-state index contributed by atoms with van der Waals surface area (Å²) in [6, 6.07) is 10.2. The largest absolute Gasteiger partial charge is 0.462 e. The lowest BCUT2D eigenvalue weighted by atomic mass is 10.1. The van der Waals surface area contributed by atoms with E-state index in [1.54, 1.807) is 13.0 Å². The number of fused-ring (bicyclic) bond motifs is 1. The van der Waals surface area contributed by atoms with E-state index in [0.29, 0.717) is 30.5 Å². The molecule has 27 heavy (non-hydrogen) atoms. The Morgan fingerprint density at radius 2 is 1.85 bits per heavy atom. The van der Waals surface area contributed by atoms with Gasteiger partial charge in [-0.15, -0.1) is 0 Å². The summed E-state index contributed by atoms with van der Waals surface area (Å²) in [5, 5.41) is 2.76. The van der Waals surface area contributed by atoms with E-state index < -0.39 is 16.1 Å². The first-order chi connectivity index (χ1) is 12.9. The van der Waals surface area contributed by atoms with Gasteiger partial charge in [-0.3, -0.25) is 4.79 Å². The summed E-state index contributed by atoms with van der Waals surface area (Å²) in [6.45, 7) is 1.96. The van der Waals surface area contributed by atoms with Crippen LogP contribution in [0.3, 0.4) is 0 Å². The highest BCUT2D eigenvalue weighted by Gasteiger charge is 2.21. The van der Waals surface area contributed by atoms with Crippen LogP contribution in [0.15, 0.2) is 47.4 Å². The number of carbonyl (C=O) groups is 2. The maximum atomic E-state index is 12.6. The van der Waals surface area contributed by atoms with Gasteiger partial charge in [-0.1, -0.05) is 0 Å². The van der Waals surface area contributed by atoms with E-state index >= 15 is 0 Å². The number of aryl methyl sites for hydroxylation is 1. The maximum absolute atomic E-state index is 12.6. The summed E-state index contributed by atoms with van der Waals surface area (Å²) in [5.41, 5.74) is 1.68. The fourth-order valence-electron chi connectivity index (χ4n) is 2.74. The van der Waals surface area contributed by atoms with Crippen LogP contribution in [-0.4, -0.2) is 26.9 Å². The highest BCUT2D eigenvalue weighted by atomic mass is 32.2. The summed E-state index contributed by atoms with van der Waals surface area (Å²) >= 11 is 0. The SMILES string of the molecule is CCOC(=O)c1ccc(OS(=O)(=O)c2ccc3c(c2)CCCC(=O)N3)cc1. The van der Waals surface area contributed by atoms with Gasteiger partial charge in [0.1, 0.15) is 10.6 Å². The molecular formula is C19H19NO6S. The van der Waals surface area contributed by atoms with E-state index in [9.17, 15) is 18.0 Å². The van der Waals surface area contributed by atoms with Crippen molar-refractivity contribution >= 4 is 27.7 Å². The van der Waals surface area contributed by atoms with Gasteiger partial charge in [-0.05, 0) is 67.8 Å².